The number of pyridine rings is 1. The Morgan fingerprint density at radius 3 is 2.40 bits per heavy atom. The lowest BCUT2D eigenvalue weighted by atomic mass is 9.95. The number of nitrogens with zero attached hydrogens (tertiary/aromatic N) is 1. The average molecular weight is 268 g/mol. The Labute approximate surface area is 122 Å². The minimum Gasteiger partial charge on any atom is -0.311 e. The van der Waals surface area contributed by atoms with Crippen LogP contribution in [0.4, 0.5) is 0 Å². The third kappa shape index (κ3) is 3.26. The molecule has 0 spiro atoms. The summed E-state index contributed by atoms with van der Waals surface area (Å²) in [5.74, 6) is 0. The lowest BCUT2D eigenvalue weighted by Gasteiger charge is -2.19. The maximum absolute atomic E-state index is 4.63. The van der Waals surface area contributed by atoms with Gasteiger partial charge in [0.25, 0.3) is 0 Å². The van der Waals surface area contributed by atoms with Crippen LogP contribution in [0.5, 0.6) is 0 Å². The lowest BCUT2D eigenvalue weighted by molar-refractivity contribution is 0.570. The van der Waals surface area contributed by atoms with E-state index in [9.17, 15) is 0 Å². The van der Waals surface area contributed by atoms with Gasteiger partial charge in [0.15, 0.2) is 0 Å². The van der Waals surface area contributed by atoms with Crippen LogP contribution < -0.4 is 5.32 Å². The first-order chi connectivity index (χ1) is 9.51. The molecule has 0 aliphatic rings. The van der Waals surface area contributed by atoms with Crippen LogP contribution in [0.25, 0.3) is 0 Å². The monoisotopic (exact) mass is 268 g/mol. The minimum absolute atomic E-state index is 0.260. The van der Waals surface area contributed by atoms with Crippen molar-refractivity contribution >= 4 is 0 Å². The largest absolute Gasteiger partial charge is 0.311 e. The number of hydrogen-bond donors (Lipinski definition) is 1. The van der Waals surface area contributed by atoms with Gasteiger partial charge in [-0.3, -0.25) is 4.98 Å². The van der Waals surface area contributed by atoms with Crippen molar-refractivity contribution in [3.8, 4) is 0 Å². The van der Waals surface area contributed by atoms with E-state index in [0.29, 0.717) is 0 Å². The van der Waals surface area contributed by atoms with Crippen molar-refractivity contribution in [2.75, 3.05) is 7.05 Å². The van der Waals surface area contributed by atoms with E-state index < -0.39 is 0 Å². The number of benzene rings is 1. The van der Waals surface area contributed by atoms with E-state index in [-0.39, 0.29) is 6.04 Å². The quantitative estimate of drug-likeness (QED) is 0.912. The van der Waals surface area contributed by atoms with Gasteiger partial charge in [-0.1, -0.05) is 29.8 Å². The molecule has 0 fully saturated rings. The van der Waals surface area contributed by atoms with E-state index in [2.05, 4.69) is 62.3 Å². The highest BCUT2D eigenvalue weighted by Gasteiger charge is 2.15. The third-order valence-corrected chi connectivity index (χ3v) is 3.86. The van der Waals surface area contributed by atoms with E-state index in [0.717, 1.165) is 12.1 Å². The molecule has 1 atom stereocenters. The van der Waals surface area contributed by atoms with E-state index >= 15 is 0 Å². The summed E-state index contributed by atoms with van der Waals surface area (Å²) in [6.45, 7) is 8.55. The zero-order valence-corrected chi connectivity index (χ0v) is 13.1. The van der Waals surface area contributed by atoms with Crippen LogP contribution in [-0.2, 0) is 6.42 Å². The Hall–Kier alpha value is -1.67. The number of hydrogen-bond acceptors (Lipinski definition) is 2. The van der Waals surface area contributed by atoms with Crippen molar-refractivity contribution in [1.29, 1.82) is 0 Å². The van der Waals surface area contributed by atoms with Gasteiger partial charge in [-0.25, -0.2) is 0 Å². The highest BCUT2D eigenvalue weighted by atomic mass is 14.9. The molecule has 2 nitrogen and oxygen atoms in total. The van der Waals surface area contributed by atoms with Gasteiger partial charge in [-0.15, -0.1) is 0 Å². The molecular weight excluding hydrogens is 244 g/mol. The summed E-state index contributed by atoms with van der Waals surface area (Å²) in [4.78, 5) is 4.63. The van der Waals surface area contributed by atoms with Crippen molar-refractivity contribution in [2.24, 2.45) is 0 Å². The van der Waals surface area contributed by atoms with Crippen LogP contribution in [0.3, 0.4) is 0 Å². The first-order valence-corrected chi connectivity index (χ1v) is 7.18. The number of likely N-dealkylation sites (N-methyl/N-ethyl adjacent to an activating group) is 1. The number of aryl methyl sites for hydroxylation is 4. The topological polar surface area (TPSA) is 24.9 Å². The second-order valence-electron chi connectivity index (χ2n) is 5.69. The van der Waals surface area contributed by atoms with Crippen molar-refractivity contribution in [3.63, 3.8) is 0 Å². The molecule has 20 heavy (non-hydrogen) atoms. The Balaban J connectivity index is 2.31. The summed E-state index contributed by atoms with van der Waals surface area (Å²) in [5, 5.41) is 3.41. The van der Waals surface area contributed by atoms with E-state index in [1.54, 1.807) is 0 Å². The highest BCUT2D eigenvalue weighted by Crippen LogP contribution is 2.22. The number of nitrogens with one attached hydrogen (secondary N) is 1. The Bertz CT molecular complexity index is 602. The zero-order chi connectivity index (χ0) is 14.7. The molecule has 0 radical (unpaired) electrons. The second-order valence-corrected chi connectivity index (χ2v) is 5.69. The Morgan fingerprint density at radius 1 is 1.00 bits per heavy atom. The van der Waals surface area contributed by atoms with E-state index in [1.165, 1.54) is 27.8 Å². The normalized spacial score (nSPS) is 12.4. The second kappa shape index (κ2) is 6.19. The van der Waals surface area contributed by atoms with Gasteiger partial charge in [-0.2, -0.15) is 0 Å². The van der Waals surface area contributed by atoms with Crippen LogP contribution >= 0.6 is 0 Å². The van der Waals surface area contributed by atoms with Gasteiger partial charge in [0, 0.05) is 6.20 Å². The Morgan fingerprint density at radius 2 is 1.75 bits per heavy atom. The molecule has 2 aromatic rings. The highest BCUT2D eigenvalue weighted by molar-refractivity contribution is 5.33. The fraction of sp³-hybridized carbons (Fsp3) is 0.389. The maximum atomic E-state index is 4.63. The van der Waals surface area contributed by atoms with Gasteiger partial charge in [0.05, 0.1) is 11.7 Å². The molecule has 1 unspecified atom stereocenters. The molecule has 1 aromatic heterocycles. The standard InChI is InChI=1S/C18H24N2/c1-12-6-7-14(3)16(9-12)10-17(19-5)18-15(4)8-13(2)11-20-18/h6-9,11,17,19H,10H2,1-5H3. The summed E-state index contributed by atoms with van der Waals surface area (Å²) < 4.78 is 0. The fourth-order valence-corrected chi connectivity index (χ4v) is 2.67. The van der Waals surface area contributed by atoms with Crippen molar-refractivity contribution < 1.29 is 0 Å². The first kappa shape index (κ1) is 14.7. The first-order valence-electron chi connectivity index (χ1n) is 7.18. The molecule has 0 saturated heterocycles. The molecular formula is C18H24N2. The molecule has 0 aliphatic carbocycles. The van der Waals surface area contributed by atoms with Crippen LogP contribution in [0.15, 0.2) is 30.5 Å². The molecule has 2 rings (SSSR count). The molecule has 2 heteroatoms. The summed E-state index contributed by atoms with van der Waals surface area (Å²) >= 11 is 0. The van der Waals surface area contributed by atoms with Crippen molar-refractivity contribution in [2.45, 2.75) is 40.2 Å². The molecule has 0 amide bonds. The lowest BCUT2D eigenvalue weighted by Crippen LogP contribution is -2.21. The van der Waals surface area contributed by atoms with Gasteiger partial charge in [-0.05, 0) is 63.4 Å². The molecule has 1 heterocycles. The summed E-state index contributed by atoms with van der Waals surface area (Å²) in [7, 11) is 2.01. The summed E-state index contributed by atoms with van der Waals surface area (Å²) in [6, 6.07) is 9.12. The summed E-state index contributed by atoms with van der Waals surface area (Å²) in [5.41, 5.74) is 7.68. The van der Waals surface area contributed by atoms with Gasteiger partial charge in [0.1, 0.15) is 0 Å². The van der Waals surface area contributed by atoms with Gasteiger partial charge in [0.2, 0.25) is 0 Å². The van der Waals surface area contributed by atoms with Crippen LogP contribution in [0.1, 0.15) is 39.6 Å². The number of rotatable bonds is 4. The predicted molar refractivity (Wildman–Crippen MR) is 85.1 cm³/mol. The van der Waals surface area contributed by atoms with Crippen molar-refractivity contribution in [1.82, 2.24) is 10.3 Å². The van der Waals surface area contributed by atoms with Gasteiger partial charge >= 0.3 is 0 Å². The molecule has 1 N–H and O–H groups in total. The molecule has 1 aromatic carbocycles. The smallest absolute Gasteiger partial charge is 0.0605 e. The summed E-state index contributed by atoms with van der Waals surface area (Å²) in [6.07, 6.45) is 2.93. The minimum atomic E-state index is 0.260. The molecule has 106 valence electrons. The van der Waals surface area contributed by atoms with Gasteiger partial charge < -0.3 is 5.32 Å². The van der Waals surface area contributed by atoms with E-state index in [4.69, 9.17) is 0 Å². The average Bonchev–Trinajstić information content (AvgIpc) is 2.40. The third-order valence-electron chi connectivity index (χ3n) is 3.86. The predicted octanol–water partition coefficient (Wildman–Crippen LogP) is 3.82. The molecule has 0 saturated carbocycles. The molecule has 0 bridgehead atoms. The molecule has 0 aliphatic heterocycles. The fourth-order valence-electron chi connectivity index (χ4n) is 2.67. The van der Waals surface area contributed by atoms with E-state index in [1.807, 2.05) is 13.2 Å². The SMILES string of the molecule is CNC(Cc1cc(C)ccc1C)c1ncc(C)cc1C. The van der Waals surface area contributed by atoms with Crippen LogP contribution in [-0.4, -0.2) is 12.0 Å². The Kier molecular flexibility index (Phi) is 4.56. The van der Waals surface area contributed by atoms with Crippen LogP contribution in [0.2, 0.25) is 0 Å². The van der Waals surface area contributed by atoms with Crippen molar-refractivity contribution in [3.05, 3.63) is 64.0 Å². The number of aromatic nitrogens is 1. The maximum Gasteiger partial charge on any atom is 0.0605 e. The van der Waals surface area contributed by atoms with Crippen LogP contribution in [0, 0.1) is 27.7 Å². The zero-order valence-electron chi connectivity index (χ0n) is 13.1.